The van der Waals surface area contributed by atoms with Crippen molar-refractivity contribution in [1.29, 1.82) is 0 Å². The summed E-state index contributed by atoms with van der Waals surface area (Å²) in [7, 11) is 1.78. The second-order valence-electron chi connectivity index (χ2n) is 3.05. The van der Waals surface area contributed by atoms with Crippen LogP contribution in [0.3, 0.4) is 0 Å². The van der Waals surface area contributed by atoms with Crippen molar-refractivity contribution in [3.63, 3.8) is 0 Å². The molecule has 1 aliphatic rings. The summed E-state index contributed by atoms with van der Waals surface area (Å²) < 4.78 is 5.17. The van der Waals surface area contributed by atoms with Crippen LogP contribution in [-0.2, 0) is 4.74 Å². The molecule has 0 aromatic heterocycles. The fraction of sp³-hybridized carbons (Fsp3) is 1.00. The molecule has 1 unspecified atom stereocenters. The van der Waals surface area contributed by atoms with Crippen molar-refractivity contribution >= 4 is 0 Å². The van der Waals surface area contributed by atoms with Crippen LogP contribution in [0.2, 0.25) is 0 Å². The van der Waals surface area contributed by atoms with Crippen molar-refractivity contribution in [3.8, 4) is 0 Å². The Morgan fingerprint density at radius 2 is 2.00 bits per heavy atom. The molecule has 0 saturated carbocycles. The monoisotopic (exact) mass is 143 g/mol. The summed E-state index contributed by atoms with van der Waals surface area (Å²) in [6.07, 6.45) is 3.14. The lowest BCUT2D eigenvalue weighted by Gasteiger charge is -2.18. The van der Waals surface area contributed by atoms with E-state index in [1.807, 2.05) is 0 Å². The van der Waals surface area contributed by atoms with E-state index >= 15 is 0 Å². The van der Waals surface area contributed by atoms with Crippen molar-refractivity contribution in [1.82, 2.24) is 4.90 Å². The van der Waals surface area contributed by atoms with Gasteiger partial charge in [-0.05, 0) is 32.9 Å². The Kier molecular flexibility index (Phi) is 3.16. The molecule has 0 aromatic carbocycles. The van der Waals surface area contributed by atoms with Gasteiger partial charge in [0.15, 0.2) is 0 Å². The van der Waals surface area contributed by atoms with Crippen LogP contribution in [0.15, 0.2) is 0 Å². The molecule has 0 N–H and O–H groups in total. The first-order chi connectivity index (χ1) is 4.83. The van der Waals surface area contributed by atoms with E-state index in [2.05, 4.69) is 11.8 Å². The maximum Gasteiger partial charge on any atom is 0.0670 e. The van der Waals surface area contributed by atoms with Gasteiger partial charge in [0.2, 0.25) is 0 Å². The van der Waals surface area contributed by atoms with Crippen LogP contribution in [0, 0.1) is 0 Å². The Morgan fingerprint density at radius 3 is 2.50 bits per heavy atom. The van der Waals surface area contributed by atoms with Gasteiger partial charge in [-0.2, -0.15) is 0 Å². The van der Waals surface area contributed by atoms with Gasteiger partial charge in [-0.3, -0.25) is 0 Å². The van der Waals surface area contributed by atoms with Gasteiger partial charge in [0.05, 0.1) is 6.10 Å². The van der Waals surface area contributed by atoms with Crippen molar-refractivity contribution in [3.05, 3.63) is 0 Å². The van der Waals surface area contributed by atoms with Gasteiger partial charge in [0.25, 0.3) is 0 Å². The quantitative estimate of drug-likeness (QED) is 0.587. The predicted molar refractivity (Wildman–Crippen MR) is 42.1 cm³/mol. The summed E-state index contributed by atoms with van der Waals surface area (Å²) in [6.45, 7) is 5.77. The zero-order chi connectivity index (χ0) is 7.40. The van der Waals surface area contributed by atoms with Crippen LogP contribution < -0.4 is 0 Å². The average Bonchev–Trinajstić information content (AvgIpc) is 2.40. The second-order valence-corrected chi connectivity index (χ2v) is 3.05. The molecule has 0 amide bonds. The fourth-order valence-corrected chi connectivity index (χ4v) is 1.40. The van der Waals surface area contributed by atoms with Crippen LogP contribution in [0.4, 0.5) is 0 Å². The van der Waals surface area contributed by atoms with Gasteiger partial charge in [0.1, 0.15) is 0 Å². The molecule has 0 aliphatic carbocycles. The summed E-state index contributed by atoms with van der Waals surface area (Å²) in [5.74, 6) is 0. The molecule has 0 aromatic rings. The minimum Gasteiger partial charge on any atom is -0.380 e. The highest BCUT2D eigenvalue weighted by Gasteiger charge is 2.13. The lowest BCUT2D eigenvalue weighted by molar-refractivity contribution is 0.0852. The van der Waals surface area contributed by atoms with E-state index in [0.29, 0.717) is 6.10 Å². The van der Waals surface area contributed by atoms with E-state index < -0.39 is 0 Å². The van der Waals surface area contributed by atoms with Gasteiger partial charge in [-0.1, -0.05) is 0 Å². The maximum absolute atomic E-state index is 5.17. The van der Waals surface area contributed by atoms with Crippen molar-refractivity contribution in [2.24, 2.45) is 0 Å². The zero-order valence-corrected chi connectivity index (χ0v) is 6.97. The lowest BCUT2D eigenvalue weighted by atomic mass is 10.4. The SMILES string of the molecule is COC(C)CN1CCCC1. The maximum atomic E-state index is 5.17. The van der Waals surface area contributed by atoms with E-state index in [1.165, 1.54) is 25.9 Å². The number of ether oxygens (including phenoxy) is 1. The molecule has 1 fully saturated rings. The normalized spacial score (nSPS) is 23.4. The summed E-state index contributed by atoms with van der Waals surface area (Å²) >= 11 is 0. The number of likely N-dealkylation sites (tertiary alicyclic amines) is 1. The van der Waals surface area contributed by atoms with Gasteiger partial charge in [-0.25, -0.2) is 0 Å². The average molecular weight is 143 g/mol. The molecule has 2 heteroatoms. The largest absolute Gasteiger partial charge is 0.380 e. The number of rotatable bonds is 3. The number of hydrogen-bond acceptors (Lipinski definition) is 2. The molecule has 1 heterocycles. The first-order valence-corrected chi connectivity index (χ1v) is 4.08. The van der Waals surface area contributed by atoms with Crippen LogP contribution in [0.5, 0.6) is 0 Å². The van der Waals surface area contributed by atoms with Crippen molar-refractivity contribution in [2.45, 2.75) is 25.9 Å². The molecule has 0 bridgehead atoms. The van der Waals surface area contributed by atoms with Crippen LogP contribution in [0.25, 0.3) is 0 Å². The van der Waals surface area contributed by atoms with Crippen LogP contribution >= 0.6 is 0 Å². The highest BCUT2D eigenvalue weighted by molar-refractivity contribution is 4.68. The molecule has 1 saturated heterocycles. The van der Waals surface area contributed by atoms with E-state index in [4.69, 9.17) is 4.74 Å². The van der Waals surface area contributed by atoms with E-state index in [9.17, 15) is 0 Å². The highest BCUT2D eigenvalue weighted by Crippen LogP contribution is 2.07. The molecule has 0 spiro atoms. The van der Waals surface area contributed by atoms with Gasteiger partial charge in [0, 0.05) is 13.7 Å². The number of methoxy groups -OCH3 is 1. The van der Waals surface area contributed by atoms with Gasteiger partial charge in [-0.15, -0.1) is 0 Å². The van der Waals surface area contributed by atoms with E-state index in [0.717, 1.165) is 6.54 Å². The topological polar surface area (TPSA) is 12.5 Å². The Morgan fingerprint density at radius 1 is 1.40 bits per heavy atom. The Hall–Kier alpha value is -0.0800. The van der Waals surface area contributed by atoms with Crippen molar-refractivity contribution in [2.75, 3.05) is 26.7 Å². The van der Waals surface area contributed by atoms with E-state index in [1.54, 1.807) is 7.11 Å². The van der Waals surface area contributed by atoms with Crippen molar-refractivity contribution < 1.29 is 4.74 Å². The minimum atomic E-state index is 0.401. The molecular weight excluding hydrogens is 126 g/mol. The molecular formula is C8H17NO. The third-order valence-electron chi connectivity index (χ3n) is 2.12. The summed E-state index contributed by atoms with van der Waals surface area (Å²) in [5, 5.41) is 0. The summed E-state index contributed by atoms with van der Waals surface area (Å²) in [5.41, 5.74) is 0. The molecule has 1 rings (SSSR count). The third-order valence-corrected chi connectivity index (χ3v) is 2.12. The first-order valence-electron chi connectivity index (χ1n) is 4.08. The van der Waals surface area contributed by atoms with E-state index in [-0.39, 0.29) is 0 Å². The molecule has 1 aliphatic heterocycles. The lowest BCUT2D eigenvalue weighted by Crippen LogP contribution is -2.29. The van der Waals surface area contributed by atoms with Gasteiger partial charge < -0.3 is 9.64 Å². The van der Waals surface area contributed by atoms with Crippen LogP contribution in [-0.4, -0.2) is 37.7 Å². The first kappa shape index (κ1) is 8.02. The minimum absolute atomic E-state index is 0.401. The second kappa shape index (κ2) is 3.94. The Balaban J connectivity index is 2.11. The summed E-state index contributed by atoms with van der Waals surface area (Å²) in [4.78, 5) is 2.47. The zero-order valence-electron chi connectivity index (χ0n) is 6.97. The highest BCUT2D eigenvalue weighted by atomic mass is 16.5. The molecule has 10 heavy (non-hydrogen) atoms. The number of hydrogen-bond donors (Lipinski definition) is 0. The standard InChI is InChI=1S/C8H17NO/c1-8(10-2)7-9-5-3-4-6-9/h8H,3-7H2,1-2H3. The smallest absolute Gasteiger partial charge is 0.0670 e. The molecule has 2 nitrogen and oxygen atoms in total. The predicted octanol–water partition coefficient (Wildman–Crippen LogP) is 1.12. The Labute approximate surface area is 63.2 Å². The van der Waals surface area contributed by atoms with Gasteiger partial charge >= 0.3 is 0 Å². The van der Waals surface area contributed by atoms with Crippen LogP contribution in [0.1, 0.15) is 19.8 Å². The molecule has 1 atom stereocenters. The fourth-order valence-electron chi connectivity index (χ4n) is 1.40. The third kappa shape index (κ3) is 2.27. The number of nitrogens with zero attached hydrogens (tertiary/aromatic N) is 1. The molecule has 0 radical (unpaired) electrons. The Bertz CT molecular complexity index is 89.3. The summed E-state index contributed by atoms with van der Waals surface area (Å²) in [6, 6.07) is 0. The molecule has 60 valence electrons.